The van der Waals surface area contributed by atoms with Gasteiger partial charge in [-0.1, -0.05) is 62.3 Å². The summed E-state index contributed by atoms with van der Waals surface area (Å²) in [7, 11) is 3.50. The molecule has 1 saturated heterocycles. The number of ether oxygens (including phenoxy) is 2. The first kappa shape index (κ1) is 36.5. The molecule has 0 radical (unpaired) electrons. The van der Waals surface area contributed by atoms with E-state index in [1.807, 2.05) is 6.08 Å². The van der Waals surface area contributed by atoms with Gasteiger partial charge in [0.1, 0.15) is 11.5 Å². The molecule has 1 heterocycles. The summed E-state index contributed by atoms with van der Waals surface area (Å²) in [5, 5.41) is 3.73. The van der Waals surface area contributed by atoms with Crippen molar-refractivity contribution < 1.29 is 18.3 Å². The first-order valence-electron chi connectivity index (χ1n) is 17.1. The van der Waals surface area contributed by atoms with Crippen molar-refractivity contribution in [2.24, 2.45) is 39.6 Å². The van der Waals surface area contributed by atoms with Gasteiger partial charge in [0.15, 0.2) is 6.61 Å². The Morgan fingerprint density at radius 2 is 1.87 bits per heavy atom. The first-order chi connectivity index (χ1) is 22.1. The molecule has 256 valence electrons. The van der Waals surface area contributed by atoms with Gasteiger partial charge in [-0.2, -0.15) is 8.78 Å². The van der Waals surface area contributed by atoms with Crippen molar-refractivity contribution in [3.63, 3.8) is 0 Å². The minimum absolute atomic E-state index is 0.0317. The number of halogens is 3. The molecule has 6 nitrogen and oxygen atoms in total. The Kier molecular flexibility index (Phi) is 13.3. The van der Waals surface area contributed by atoms with Crippen molar-refractivity contribution in [2.45, 2.75) is 89.5 Å². The summed E-state index contributed by atoms with van der Waals surface area (Å²) in [5.74, 6) is 3.98. The van der Waals surface area contributed by atoms with Crippen molar-refractivity contribution in [3.05, 3.63) is 58.7 Å². The predicted octanol–water partition coefficient (Wildman–Crippen LogP) is 8.80. The lowest BCUT2D eigenvalue weighted by molar-refractivity contribution is 0.0386. The van der Waals surface area contributed by atoms with Crippen LogP contribution >= 0.6 is 20.7 Å². The van der Waals surface area contributed by atoms with Crippen LogP contribution in [0.1, 0.15) is 79.6 Å². The number of likely N-dealkylation sites (tertiary alicyclic amines) is 1. The summed E-state index contributed by atoms with van der Waals surface area (Å²) < 4.78 is 40.6. The maximum atomic E-state index is 14.2. The van der Waals surface area contributed by atoms with Crippen LogP contribution in [-0.2, 0) is 9.47 Å². The molecule has 0 aromatic carbocycles. The summed E-state index contributed by atoms with van der Waals surface area (Å²) in [6.07, 6.45) is 17.9. The zero-order valence-corrected chi connectivity index (χ0v) is 31.1. The van der Waals surface area contributed by atoms with Crippen LogP contribution < -0.4 is 5.32 Å². The highest BCUT2D eigenvalue weighted by Crippen LogP contribution is 2.49. The fourth-order valence-electron chi connectivity index (χ4n) is 7.15. The predicted molar refractivity (Wildman–Crippen MR) is 197 cm³/mol. The molecule has 4 rings (SSSR count). The average molecular weight is 753 g/mol. The van der Waals surface area contributed by atoms with Gasteiger partial charge in [-0.15, -0.1) is 0 Å². The van der Waals surface area contributed by atoms with Gasteiger partial charge < -0.3 is 19.7 Å². The van der Waals surface area contributed by atoms with Gasteiger partial charge in [0.05, 0.1) is 12.8 Å². The van der Waals surface area contributed by atoms with Crippen LogP contribution in [0.3, 0.4) is 0 Å². The minimum Gasteiger partial charge on any atom is -0.497 e. The number of aliphatic imine (C=N–C) groups is 2. The maximum absolute atomic E-state index is 14.2. The van der Waals surface area contributed by atoms with E-state index in [1.165, 1.54) is 29.7 Å². The van der Waals surface area contributed by atoms with Crippen LogP contribution in [0, 0.1) is 29.6 Å². The summed E-state index contributed by atoms with van der Waals surface area (Å²) in [5.41, 5.74) is 4.59. The van der Waals surface area contributed by atoms with Crippen LogP contribution in [0.5, 0.6) is 0 Å². The molecule has 4 aliphatic rings. The fraction of sp³-hybridized carbons (Fsp3) is 0.649. The molecule has 5 atom stereocenters. The Hall–Kier alpha value is -2.30. The average Bonchev–Trinajstić information content (AvgIpc) is 3.84. The Bertz CT molecular complexity index is 1310. The van der Waals surface area contributed by atoms with Gasteiger partial charge in [0, 0.05) is 49.8 Å². The van der Waals surface area contributed by atoms with Crippen LogP contribution in [-0.4, -0.2) is 64.9 Å². The summed E-state index contributed by atoms with van der Waals surface area (Å²) in [4.78, 5) is 12.2. The van der Waals surface area contributed by atoms with Gasteiger partial charge in [-0.05, 0) is 95.7 Å². The third-order valence-corrected chi connectivity index (χ3v) is 11.5. The zero-order chi connectivity index (χ0) is 33.4. The molecule has 2 unspecified atom stereocenters. The van der Waals surface area contributed by atoms with E-state index >= 15 is 0 Å². The van der Waals surface area contributed by atoms with Gasteiger partial charge in [0.25, 0.3) is 0 Å². The van der Waals surface area contributed by atoms with Crippen molar-refractivity contribution in [1.82, 2.24) is 10.2 Å². The van der Waals surface area contributed by atoms with Gasteiger partial charge in [-0.3, -0.25) is 4.99 Å². The molecule has 3 aliphatic carbocycles. The number of guanidine groups is 1. The van der Waals surface area contributed by atoms with Crippen molar-refractivity contribution in [3.8, 4) is 0 Å². The molecule has 0 aromatic heterocycles. The molecule has 1 aliphatic heterocycles. The number of unbranched alkanes of at least 4 members (excludes halogenated alkanes) is 1. The normalized spacial score (nSPS) is 28.5. The second-order valence-corrected chi connectivity index (χ2v) is 15.3. The van der Waals surface area contributed by atoms with E-state index in [-0.39, 0.29) is 12.0 Å². The lowest BCUT2D eigenvalue weighted by Gasteiger charge is -2.48. The number of methoxy groups -OCH3 is 1. The number of nitrogens with zero attached hydrogens (tertiary/aromatic N) is 3. The summed E-state index contributed by atoms with van der Waals surface area (Å²) in [6, 6.07) is 0.230. The number of allylic oxidation sites excluding steroid dienone is 8. The molecule has 46 heavy (non-hydrogen) atoms. The topological polar surface area (TPSA) is 58.5 Å². The van der Waals surface area contributed by atoms with E-state index in [1.54, 1.807) is 14.2 Å². The molecule has 0 aromatic rings. The number of hydrogen-bond acceptors (Lipinski definition) is 4. The molecule has 0 bridgehead atoms. The molecule has 9 heteroatoms. The molecule has 0 amide bonds. The van der Waals surface area contributed by atoms with Crippen LogP contribution in [0.2, 0.25) is 0 Å². The van der Waals surface area contributed by atoms with Gasteiger partial charge >= 0.3 is 3.93 Å². The van der Waals surface area contributed by atoms with E-state index in [2.05, 4.69) is 78.6 Å². The Balaban J connectivity index is 1.57. The van der Waals surface area contributed by atoms with E-state index < -0.39 is 31.3 Å². The van der Waals surface area contributed by atoms with E-state index in [0.717, 1.165) is 51.0 Å². The molecule has 3 fully saturated rings. The largest absolute Gasteiger partial charge is 0.497 e. The SMILES string of the molecule is C=IC(F)(F)COC1=CC=C(C2CC2)C(CC)C1=NC(=NC)N[C@@H]1[C@H](CC)C2CN(C(/C=C(/C)CC)=C/C(=C\CCC)OC)C[C@H]21. The van der Waals surface area contributed by atoms with Crippen molar-refractivity contribution >= 4 is 36.9 Å². The molecule has 1 N–H and O–H groups in total. The highest BCUT2D eigenvalue weighted by atomic mass is 127. The summed E-state index contributed by atoms with van der Waals surface area (Å²) >= 11 is -1.52. The molecular formula is C37H55F2IN4O2. The number of hydrogen-bond donors (Lipinski definition) is 1. The lowest BCUT2D eigenvalue weighted by atomic mass is 9.61. The monoisotopic (exact) mass is 752 g/mol. The zero-order valence-electron chi connectivity index (χ0n) is 28.9. The molecule has 0 spiro atoms. The maximum Gasteiger partial charge on any atom is 0.324 e. The lowest BCUT2D eigenvalue weighted by Crippen LogP contribution is -2.59. The Morgan fingerprint density at radius 1 is 1.13 bits per heavy atom. The minimum atomic E-state index is -2.88. The highest BCUT2D eigenvalue weighted by molar-refractivity contribution is 14.2. The van der Waals surface area contributed by atoms with Crippen LogP contribution in [0.4, 0.5) is 8.78 Å². The second kappa shape index (κ2) is 16.7. The smallest absolute Gasteiger partial charge is 0.324 e. The van der Waals surface area contributed by atoms with Crippen LogP contribution in [0.25, 0.3) is 0 Å². The number of fused-ring (bicyclic) bond motifs is 1. The van der Waals surface area contributed by atoms with Gasteiger partial charge in [0.2, 0.25) is 5.96 Å². The highest BCUT2D eigenvalue weighted by Gasteiger charge is 2.54. The van der Waals surface area contributed by atoms with E-state index in [0.29, 0.717) is 41.1 Å². The van der Waals surface area contributed by atoms with Crippen molar-refractivity contribution in [1.29, 1.82) is 0 Å². The third kappa shape index (κ3) is 8.78. The molecule has 2 saturated carbocycles. The second-order valence-electron chi connectivity index (χ2n) is 13.0. The first-order valence-corrected chi connectivity index (χ1v) is 19.8. The standard InChI is InChI=1S/C37H55F2IN4O2/c1-9-13-14-27(45-8)20-26(19-24(5)10-2)44-21-31-29(12-4)34(32(31)22-44)42-36(41-7)43-35-28(11-3)30(25-15-16-25)17-18-33(35)46-23-37(38,39)40-6/h14,17-20,25,28-29,31-32,34H,6,9-13,15-16,21-23H2,1-5,7-8H3,(H,41,42)/b24-19-,26-20+,27-14+,43-35?/t28?,29-,31?,32-,34-/m1/s1. The number of alkyl halides is 3. The van der Waals surface area contributed by atoms with Crippen LogP contribution in [0.15, 0.2) is 68.7 Å². The fourth-order valence-corrected chi connectivity index (χ4v) is 7.53. The van der Waals surface area contributed by atoms with Crippen molar-refractivity contribution in [2.75, 3.05) is 33.9 Å². The van der Waals surface area contributed by atoms with E-state index in [9.17, 15) is 8.78 Å². The third-order valence-electron chi connectivity index (χ3n) is 10.0. The summed E-state index contributed by atoms with van der Waals surface area (Å²) in [6.45, 7) is 12.3. The number of rotatable bonds is 15. The molecular weight excluding hydrogens is 697 g/mol. The van der Waals surface area contributed by atoms with E-state index in [4.69, 9.17) is 14.5 Å². The number of nitrogens with one attached hydrogen (secondary N) is 1. The Labute approximate surface area is 286 Å². The Morgan fingerprint density at radius 3 is 2.46 bits per heavy atom. The van der Waals surface area contributed by atoms with Gasteiger partial charge in [-0.25, -0.2) is 4.99 Å². The quantitative estimate of drug-likeness (QED) is 0.0454.